The van der Waals surface area contributed by atoms with Gasteiger partial charge in [-0.05, 0) is 18.4 Å². The van der Waals surface area contributed by atoms with Crippen LogP contribution < -0.4 is 0 Å². The largest absolute Gasteiger partial charge is 0.481 e. The maximum Gasteiger partial charge on any atom is 0.313 e. The van der Waals surface area contributed by atoms with Crippen molar-refractivity contribution in [3.63, 3.8) is 0 Å². The van der Waals surface area contributed by atoms with E-state index in [0.29, 0.717) is 21.6 Å². The zero-order chi connectivity index (χ0) is 15.6. The molecule has 0 aliphatic carbocycles. The third-order valence-corrected chi connectivity index (χ3v) is 4.45. The number of carboxylic acids is 1. The highest BCUT2D eigenvalue weighted by molar-refractivity contribution is 7.99. The minimum absolute atomic E-state index is 0.0222. The number of aromatic nitrogens is 3. The lowest BCUT2D eigenvalue weighted by atomic mass is 10.0. The van der Waals surface area contributed by atoms with E-state index in [-0.39, 0.29) is 11.8 Å². The molecule has 0 fully saturated rings. The van der Waals surface area contributed by atoms with Crippen molar-refractivity contribution in [2.45, 2.75) is 38.4 Å². The first-order chi connectivity index (χ1) is 9.93. The molecule has 2 heterocycles. The molecular weight excluding hydrogens is 310 g/mol. The molecule has 0 saturated heterocycles. The third-order valence-electron chi connectivity index (χ3n) is 3.31. The van der Waals surface area contributed by atoms with Crippen LogP contribution in [0.1, 0.15) is 33.2 Å². The highest BCUT2D eigenvalue weighted by Gasteiger charge is 2.22. The molecule has 0 aromatic carbocycles. The van der Waals surface area contributed by atoms with Crippen molar-refractivity contribution in [1.82, 2.24) is 14.5 Å². The van der Waals surface area contributed by atoms with E-state index in [4.69, 9.17) is 16.7 Å². The van der Waals surface area contributed by atoms with E-state index in [1.807, 2.05) is 4.57 Å². The first-order valence-corrected chi connectivity index (χ1v) is 8.18. The Morgan fingerprint density at radius 2 is 2.24 bits per heavy atom. The number of rotatable bonds is 6. The Morgan fingerprint density at radius 1 is 1.52 bits per heavy atom. The number of pyridine rings is 1. The van der Waals surface area contributed by atoms with Gasteiger partial charge < -0.3 is 9.67 Å². The number of imidazole rings is 1. The molecule has 0 amide bonds. The maximum atomic E-state index is 10.8. The quantitative estimate of drug-likeness (QED) is 0.816. The standard InChI is InChI=1S/C14H18ClN3O2S/c1-4-11(8(2)3)18-13-10(5-9(15)6-16-13)17-14(18)21-7-12(19)20/h5-6,8,11H,4,7H2,1-3H3,(H,19,20). The number of nitrogens with zero attached hydrogens (tertiary/aromatic N) is 3. The van der Waals surface area contributed by atoms with Gasteiger partial charge in [-0.3, -0.25) is 4.79 Å². The number of hydrogen-bond donors (Lipinski definition) is 1. The second-order valence-corrected chi connectivity index (χ2v) is 6.54. The predicted octanol–water partition coefficient (Wildman–Crippen LogP) is 3.87. The van der Waals surface area contributed by atoms with Crippen molar-refractivity contribution >= 4 is 40.5 Å². The summed E-state index contributed by atoms with van der Waals surface area (Å²) in [5.41, 5.74) is 1.46. The van der Waals surface area contributed by atoms with Crippen LogP contribution in [0.2, 0.25) is 5.02 Å². The van der Waals surface area contributed by atoms with Gasteiger partial charge in [-0.2, -0.15) is 0 Å². The van der Waals surface area contributed by atoms with Crippen LogP contribution in [0.5, 0.6) is 0 Å². The molecule has 0 spiro atoms. The number of thioether (sulfide) groups is 1. The monoisotopic (exact) mass is 327 g/mol. The zero-order valence-electron chi connectivity index (χ0n) is 12.2. The molecule has 2 aromatic rings. The average molecular weight is 328 g/mol. The molecule has 2 rings (SSSR count). The SMILES string of the molecule is CCC(C(C)C)n1c(SCC(=O)O)nc2cc(Cl)cnc21. The maximum absolute atomic E-state index is 10.8. The summed E-state index contributed by atoms with van der Waals surface area (Å²) >= 11 is 7.19. The van der Waals surface area contributed by atoms with Crippen molar-refractivity contribution < 1.29 is 9.90 Å². The van der Waals surface area contributed by atoms with Crippen molar-refractivity contribution in [3.05, 3.63) is 17.3 Å². The summed E-state index contributed by atoms with van der Waals surface area (Å²) in [7, 11) is 0. The van der Waals surface area contributed by atoms with Crippen molar-refractivity contribution in [1.29, 1.82) is 0 Å². The summed E-state index contributed by atoms with van der Waals surface area (Å²) in [4.78, 5) is 19.7. The Kier molecular flexibility index (Phi) is 5.11. The molecule has 1 atom stereocenters. The lowest BCUT2D eigenvalue weighted by Gasteiger charge is -2.23. The number of halogens is 1. The summed E-state index contributed by atoms with van der Waals surface area (Å²) in [6.45, 7) is 6.39. The number of aliphatic carboxylic acids is 1. The van der Waals surface area contributed by atoms with E-state index in [2.05, 4.69) is 30.7 Å². The Morgan fingerprint density at radius 3 is 2.81 bits per heavy atom. The van der Waals surface area contributed by atoms with Gasteiger partial charge in [-0.25, -0.2) is 9.97 Å². The van der Waals surface area contributed by atoms with E-state index in [1.165, 1.54) is 11.8 Å². The molecule has 7 heteroatoms. The molecule has 114 valence electrons. The van der Waals surface area contributed by atoms with Crippen LogP contribution in [0.4, 0.5) is 0 Å². The Bertz CT molecular complexity index is 657. The fourth-order valence-electron chi connectivity index (χ4n) is 2.42. The summed E-state index contributed by atoms with van der Waals surface area (Å²) in [5.74, 6) is -0.484. The Balaban J connectivity index is 2.56. The van der Waals surface area contributed by atoms with Gasteiger partial charge in [0.05, 0.1) is 10.8 Å². The van der Waals surface area contributed by atoms with Gasteiger partial charge in [0.15, 0.2) is 10.8 Å². The van der Waals surface area contributed by atoms with Gasteiger partial charge in [0.25, 0.3) is 0 Å². The smallest absolute Gasteiger partial charge is 0.313 e. The number of carbonyl (C=O) groups is 1. The van der Waals surface area contributed by atoms with Gasteiger partial charge in [0.1, 0.15) is 5.52 Å². The first kappa shape index (κ1) is 16.1. The van der Waals surface area contributed by atoms with E-state index in [1.54, 1.807) is 12.3 Å². The van der Waals surface area contributed by atoms with Crippen LogP contribution in [-0.2, 0) is 4.79 Å². The highest BCUT2D eigenvalue weighted by atomic mass is 35.5. The van der Waals surface area contributed by atoms with E-state index in [0.717, 1.165) is 12.1 Å². The second-order valence-electron chi connectivity index (χ2n) is 5.16. The topological polar surface area (TPSA) is 68.0 Å². The fraction of sp³-hybridized carbons (Fsp3) is 0.500. The highest BCUT2D eigenvalue weighted by Crippen LogP contribution is 2.32. The molecule has 2 aromatic heterocycles. The van der Waals surface area contributed by atoms with Crippen LogP contribution in [0, 0.1) is 5.92 Å². The predicted molar refractivity (Wildman–Crippen MR) is 85.1 cm³/mol. The summed E-state index contributed by atoms with van der Waals surface area (Å²) in [5, 5.41) is 10.1. The molecule has 0 aliphatic heterocycles. The Labute approximate surface area is 132 Å². The summed E-state index contributed by atoms with van der Waals surface area (Å²) in [6, 6.07) is 1.98. The van der Waals surface area contributed by atoms with Crippen LogP contribution in [0.3, 0.4) is 0 Å². The zero-order valence-corrected chi connectivity index (χ0v) is 13.8. The lowest BCUT2D eigenvalue weighted by Crippen LogP contribution is -2.16. The number of hydrogen-bond acceptors (Lipinski definition) is 4. The van der Waals surface area contributed by atoms with Gasteiger partial charge in [-0.15, -0.1) is 0 Å². The van der Waals surface area contributed by atoms with Gasteiger partial charge in [-0.1, -0.05) is 44.1 Å². The second kappa shape index (κ2) is 6.66. The van der Waals surface area contributed by atoms with E-state index in [9.17, 15) is 4.79 Å². The van der Waals surface area contributed by atoms with Crippen molar-refractivity contribution in [2.75, 3.05) is 5.75 Å². The molecule has 1 N–H and O–H groups in total. The molecule has 0 saturated carbocycles. The fourth-order valence-corrected chi connectivity index (χ4v) is 3.34. The van der Waals surface area contributed by atoms with Crippen LogP contribution in [-0.4, -0.2) is 31.4 Å². The van der Waals surface area contributed by atoms with Crippen molar-refractivity contribution in [3.8, 4) is 0 Å². The average Bonchev–Trinajstić information content (AvgIpc) is 2.74. The van der Waals surface area contributed by atoms with E-state index >= 15 is 0 Å². The van der Waals surface area contributed by atoms with E-state index < -0.39 is 5.97 Å². The van der Waals surface area contributed by atoms with Gasteiger partial charge >= 0.3 is 5.97 Å². The molecular formula is C14H18ClN3O2S. The minimum atomic E-state index is -0.859. The third kappa shape index (κ3) is 3.49. The van der Waals surface area contributed by atoms with Gasteiger partial charge in [0.2, 0.25) is 0 Å². The number of carboxylic acid groups (broad SMARTS) is 1. The lowest BCUT2D eigenvalue weighted by molar-refractivity contribution is -0.133. The molecule has 0 bridgehead atoms. The Hall–Kier alpha value is -1.27. The molecule has 0 radical (unpaired) electrons. The molecule has 1 unspecified atom stereocenters. The first-order valence-electron chi connectivity index (χ1n) is 6.82. The molecule has 0 aliphatic rings. The van der Waals surface area contributed by atoms with Crippen molar-refractivity contribution in [2.24, 2.45) is 5.92 Å². The number of fused-ring (bicyclic) bond motifs is 1. The summed E-state index contributed by atoms with van der Waals surface area (Å²) < 4.78 is 2.05. The summed E-state index contributed by atoms with van der Waals surface area (Å²) in [6.07, 6.45) is 2.52. The normalized spacial score (nSPS) is 13.0. The van der Waals surface area contributed by atoms with Crippen LogP contribution in [0.25, 0.3) is 11.2 Å². The molecule has 21 heavy (non-hydrogen) atoms. The van der Waals surface area contributed by atoms with Gasteiger partial charge in [0, 0.05) is 12.2 Å². The molecule has 5 nitrogen and oxygen atoms in total. The minimum Gasteiger partial charge on any atom is -0.481 e. The van der Waals surface area contributed by atoms with Crippen LogP contribution in [0.15, 0.2) is 17.4 Å². The van der Waals surface area contributed by atoms with Crippen LogP contribution >= 0.6 is 23.4 Å².